The van der Waals surface area contributed by atoms with Crippen LogP contribution in [0.1, 0.15) is 58.1 Å². The third-order valence-corrected chi connectivity index (χ3v) is 6.42. The molecule has 1 aromatic rings. The van der Waals surface area contributed by atoms with Gasteiger partial charge in [0.05, 0.1) is 11.8 Å². The van der Waals surface area contributed by atoms with Gasteiger partial charge >= 0.3 is 0 Å². The summed E-state index contributed by atoms with van der Waals surface area (Å²) in [5.74, 6) is -1.50. The molecule has 0 unspecified atom stereocenters. The number of fused-ring (bicyclic) bond motifs is 1. The standard InChI is InChI=1S/C26H35N3O4/c1-17-10-6-7-11-19(17)16-29(18(2)23(31)27-26(3,4)5)22(30)14-15-28-24(32)20-12-8-9-13-21(20)25(28)33/h6-11,18,20-21H,12-16H2,1-5H3,(H,27,31)/t18-,20-,21+/m0/s1. The van der Waals surface area contributed by atoms with Gasteiger partial charge in [0.1, 0.15) is 6.04 Å². The first kappa shape index (κ1) is 24.7. The fourth-order valence-corrected chi connectivity index (χ4v) is 4.47. The van der Waals surface area contributed by atoms with E-state index in [4.69, 9.17) is 0 Å². The van der Waals surface area contributed by atoms with Crippen molar-refractivity contribution < 1.29 is 19.2 Å². The maximum Gasteiger partial charge on any atom is 0.242 e. The predicted molar refractivity (Wildman–Crippen MR) is 126 cm³/mol. The molecule has 1 saturated heterocycles. The number of nitrogens with zero attached hydrogens (tertiary/aromatic N) is 2. The monoisotopic (exact) mass is 453 g/mol. The zero-order valence-electron chi connectivity index (χ0n) is 20.3. The molecule has 178 valence electrons. The molecule has 1 aliphatic heterocycles. The molecule has 3 rings (SSSR count). The molecule has 0 bridgehead atoms. The molecule has 7 heteroatoms. The van der Waals surface area contributed by atoms with Gasteiger partial charge in [-0.15, -0.1) is 0 Å². The minimum absolute atomic E-state index is 0.0105. The first-order valence-electron chi connectivity index (χ1n) is 11.7. The lowest BCUT2D eigenvalue weighted by Crippen LogP contribution is -2.52. The number of likely N-dealkylation sites (tertiary alicyclic amines) is 1. The van der Waals surface area contributed by atoms with E-state index in [-0.39, 0.29) is 55.0 Å². The van der Waals surface area contributed by atoms with E-state index in [2.05, 4.69) is 5.32 Å². The number of aryl methyl sites for hydroxylation is 1. The second kappa shape index (κ2) is 9.89. The number of imide groups is 1. The molecule has 0 aromatic heterocycles. The van der Waals surface area contributed by atoms with Crippen LogP contribution in [0.25, 0.3) is 0 Å². The Balaban J connectivity index is 1.74. The average Bonchev–Trinajstić information content (AvgIpc) is 3.00. The van der Waals surface area contributed by atoms with Gasteiger partial charge in [-0.25, -0.2) is 0 Å². The number of benzene rings is 1. The maximum atomic E-state index is 13.3. The van der Waals surface area contributed by atoms with E-state index in [9.17, 15) is 19.2 Å². The predicted octanol–water partition coefficient (Wildman–Crippen LogP) is 2.97. The minimum Gasteiger partial charge on any atom is -0.350 e. The zero-order valence-corrected chi connectivity index (χ0v) is 20.3. The topological polar surface area (TPSA) is 86.8 Å². The second-order valence-electron chi connectivity index (χ2n) is 10.1. The Morgan fingerprint density at radius 2 is 1.67 bits per heavy atom. The molecule has 1 fully saturated rings. The zero-order chi connectivity index (χ0) is 24.3. The summed E-state index contributed by atoms with van der Waals surface area (Å²) in [6.07, 6.45) is 5.02. The van der Waals surface area contributed by atoms with Crippen LogP contribution in [0.4, 0.5) is 0 Å². The first-order chi connectivity index (χ1) is 15.5. The van der Waals surface area contributed by atoms with E-state index in [0.717, 1.165) is 11.1 Å². The van der Waals surface area contributed by atoms with Crippen LogP contribution >= 0.6 is 0 Å². The number of allylic oxidation sites excluding steroid dienone is 2. The Morgan fingerprint density at radius 3 is 2.21 bits per heavy atom. The fourth-order valence-electron chi connectivity index (χ4n) is 4.47. The lowest BCUT2D eigenvalue weighted by Gasteiger charge is -2.32. The summed E-state index contributed by atoms with van der Waals surface area (Å²) in [7, 11) is 0. The van der Waals surface area contributed by atoms with Crippen LogP contribution in [0.5, 0.6) is 0 Å². The van der Waals surface area contributed by atoms with E-state index >= 15 is 0 Å². The van der Waals surface area contributed by atoms with E-state index in [0.29, 0.717) is 12.8 Å². The maximum absolute atomic E-state index is 13.3. The average molecular weight is 454 g/mol. The van der Waals surface area contributed by atoms with Crippen LogP contribution in [0.3, 0.4) is 0 Å². The molecule has 4 amide bonds. The van der Waals surface area contributed by atoms with Gasteiger partial charge in [0.15, 0.2) is 0 Å². The number of hydrogen-bond acceptors (Lipinski definition) is 4. The van der Waals surface area contributed by atoms with Crippen molar-refractivity contribution in [3.8, 4) is 0 Å². The summed E-state index contributed by atoms with van der Waals surface area (Å²) in [5.41, 5.74) is 1.55. The fraction of sp³-hybridized carbons (Fsp3) is 0.538. The van der Waals surface area contributed by atoms with Gasteiger partial charge in [-0.3, -0.25) is 24.1 Å². The Labute approximate surface area is 196 Å². The van der Waals surface area contributed by atoms with Gasteiger partial charge in [0.25, 0.3) is 0 Å². The molecule has 1 aromatic carbocycles. The SMILES string of the molecule is Cc1ccccc1CN(C(=O)CCN1C(=O)[C@H]2CC=CC[C@H]2C1=O)[C@@H](C)C(=O)NC(C)(C)C. The molecule has 0 spiro atoms. The van der Waals surface area contributed by atoms with Gasteiger partial charge in [-0.1, -0.05) is 36.4 Å². The van der Waals surface area contributed by atoms with Crippen LogP contribution in [0, 0.1) is 18.8 Å². The molecular formula is C26H35N3O4. The highest BCUT2D eigenvalue weighted by molar-refractivity contribution is 6.05. The van der Waals surface area contributed by atoms with Gasteiger partial charge in [0, 0.05) is 25.0 Å². The lowest BCUT2D eigenvalue weighted by atomic mass is 9.85. The normalized spacial score (nSPS) is 21.1. The summed E-state index contributed by atoms with van der Waals surface area (Å²) in [5, 5.41) is 2.94. The van der Waals surface area contributed by atoms with Crippen molar-refractivity contribution in [3.63, 3.8) is 0 Å². The summed E-state index contributed by atoms with van der Waals surface area (Å²) in [4.78, 5) is 54.5. The number of rotatable bonds is 7. The minimum atomic E-state index is -0.701. The van der Waals surface area contributed by atoms with E-state index in [1.807, 2.05) is 64.1 Å². The molecule has 33 heavy (non-hydrogen) atoms. The lowest BCUT2D eigenvalue weighted by molar-refractivity contribution is -0.144. The van der Waals surface area contributed by atoms with Crippen molar-refractivity contribution in [1.82, 2.24) is 15.1 Å². The molecular weight excluding hydrogens is 418 g/mol. The van der Waals surface area contributed by atoms with Crippen LogP contribution in [-0.4, -0.2) is 51.6 Å². The number of hydrogen-bond donors (Lipinski definition) is 1. The number of carbonyl (C=O) groups excluding carboxylic acids is 4. The molecule has 3 atom stereocenters. The largest absolute Gasteiger partial charge is 0.350 e. The second-order valence-corrected chi connectivity index (χ2v) is 10.1. The molecule has 2 aliphatic rings. The van der Waals surface area contributed by atoms with Crippen LogP contribution < -0.4 is 5.32 Å². The Hall–Kier alpha value is -2.96. The Morgan fingerprint density at radius 1 is 1.09 bits per heavy atom. The van der Waals surface area contributed by atoms with Crippen molar-refractivity contribution in [2.75, 3.05) is 6.54 Å². The molecule has 1 heterocycles. The number of nitrogens with one attached hydrogen (secondary N) is 1. The summed E-state index contributed by atoms with van der Waals surface area (Å²) < 4.78 is 0. The van der Waals surface area contributed by atoms with Crippen LogP contribution in [-0.2, 0) is 25.7 Å². The summed E-state index contributed by atoms with van der Waals surface area (Å²) >= 11 is 0. The van der Waals surface area contributed by atoms with Crippen molar-refractivity contribution in [1.29, 1.82) is 0 Å². The summed E-state index contributed by atoms with van der Waals surface area (Å²) in [6, 6.07) is 7.04. The quantitative estimate of drug-likeness (QED) is 0.508. The first-order valence-corrected chi connectivity index (χ1v) is 11.7. The highest BCUT2D eigenvalue weighted by Crippen LogP contribution is 2.35. The van der Waals surface area contributed by atoms with Gasteiger partial charge in [0.2, 0.25) is 23.6 Å². The third kappa shape index (κ3) is 5.70. The van der Waals surface area contributed by atoms with Gasteiger partial charge < -0.3 is 10.2 Å². The molecule has 0 radical (unpaired) electrons. The van der Waals surface area contributed by atoms with Crippen molar-refractivity contribution >= 4 is 23.6 Å². The smallest absolute Gasteiger partial charge is 0.242 e. The van der Waals surface area contributed by atoms with Gasteiger partial charge in [-0.05, 0) is 58.6 Å². The molecule has 7 nitrogen and oxygen atoms in total. The Bertz CT molecular complexity index is 937. The molecule has 1 aliphatic carbocycles. The number of amides is 4. The highest BCUT2D eigenvalue weighted by atomic mass is 16.2. The van der Waals surface area contributed by atoms with Crippen molar-refractivity contribution in [3.05, 3.63) is 47.5 Å². The van der Waals surface area contributed by atoms with Crippen molar-refractivity contribution in [2.24, 2.45) is 11.8 Å². The summed E-state index contributed by atoms with van der Waals surface area (Å²) in [6.45, 7) is 9.68. The van der Waals surface area contributed by atoms with E-state index in [1.54, 1.807) is 11.8 Å². The van der Waals surface area contributed by atoms with Crippen LogP contribution in [0.15, 0.2) is 36.4 Å². The highest BCUT2D eigenvalue weighted by Gasteiger charge is 2.47. The van der Waals surface area contributed by atoms with Gasteiger partial charge in [-0.2, -0.15) is 0 Å². The van der Waals surface area contributed by atoms with Crippen molar-refractivity contribution in [2.45, 2.75) is 72.0 Å². The third-order valence-electron chi connectivity index (χ3n) is 6.42. The molecule has 1 N–H and O–H groups in total. The Kier molecular flexibility index (Phi) is 7.40. The van der Waals surface area contributed by atoms with Crippen LogP contribution in [0.2, 0.25) is 0 Å². The van der Waals surface area contributed by atoms with E-state index < -0.39 is 11.6 Å². The molecule has 0 saturated carbocycles. The van der Waals surface area contributed by atoms with E-state index in [1.165, 1.54) is 4.90 Å². The number of carbonyl (C=O) groups is 4.